The van der Waals surface area contributed by atoms with Gasteiger partial charge in [0.05, 0.1) is 19.8 Å². The topological polar surface area (TPSA) is 44.8 Å². The van der Waals surface area contributed by atoms with Crippen LogP contribution in [0, 0.1) is 17.7 Å². The number of methoxy groups -OCH3 is 1. The van der Waals surface area contributed by atoms with Gasteiger partial charge in [0.25, 0.3) is 8.32 Å². The minimum atomic E-state index is -2.74. The van der Waals surface area contributed by atoms with Gasteiger partial charge in [-0.15, -0.1) is 0 Å². The van der Waals surface area contributed by atoms with Gasteiger partial charge >= 0.3 is 5.97 Å². The third-order valence-electron chi connectivity index (χ3n) is 9.00. The second-order valence-corrected chi connectivity index (χ2v) is 16.4. The fourth-order valence-corrected chi connectivity index (χ4v) is 11.7. The summed E-state index contributed by atoms with van der Waals surface area (Å²) in [5, 5.41) is 2.35. The van der Waals surface area contributed by atoms with Gasteiger partial charge in [0, 0.05) is 24.0 Å². The first-order valence-corrected chi connectivity index (χ1v) is 16.0. The van der Waals surface area contributed by atoms with Crippen molar-refractivity contribution in [3.8, 4) is 0 Å². The molecule has 1 saturated carbocycles. The molecule has 1 aliphatic carbocycles. The SMILES string of the molecule is COC(=O)/C=C/C[C@H]1[C@H](CO[Si](c2ccccc2)(c2ccccc2)C(C)(C)C)[C@@H]2C[C@@]1(c1ccc(F)cc1)CO2. The summed E-state index contributed by atoms with van der Waals surface area (Å²) in [4.78, 5) is 11.9. The third-order valence-corrected chi connectivity index (χ3v) is 14.0. The molecule has 2 fully saturated rings. The summed E-state index contributed by atoms with van der Waals surface area (Å²) in [6.07, 6.45) is 4.98. The van der Waals surface area contributed by atoms with Crippen LogP contribution < -0.4 is 10.4 Å². The van der Waals surface area contributed by atoms with Crippen LogP contribution in [0.4, 0.5) is 4.39 Å². The molecular weight excluding hydrogens is 519 g/mol. The molecule has 40 heavy (non-hydrogen) atoms. The monoisotopic (exact) mass is 558 g/mol. The molecule has 0 aromatic heterocycles. The summed E-state index contributed by atoms with van der Waals surface area (Å²) in [6, 6.07) is 28.2. The van der Waals surface area contributed by atoms with E-state index in [0.29, 0.717) is 19.6 Å². The lowest BCUT2D eigenvalue weighted by Gasteiger charge is -2.45. The number of halogens is 1. The number of carbonyl (C=O) groups excluding carboxylic acids is 1. The van der Waals surface area contributed by atoms with Crippen LogP contribution in [-0.4, -0.2) is 40.7 Å². The second-order valence-electron chi connectivity index (χ2n) is 12.1. The maximum absolute atomic E-state index is 13.9. The molecule has 6 heteroatoms. The van der Waals surface area contributed by atoms with E-state index in [0.717, 1.165) is 12.0 Å². The lowest BCUT2D eigenvalue weighted by atomic mass is 9.69. The molecular formula is C34H39FO4Si. The number of rotatable bonds is 9. The van der Waals surface area contributed by atoms with Crippen LogP contribution in [0.5, 0.6) is 0 Å². The van der Waals surface area contributed by atoms with Gasteiger partial charge in [0.15, 0.2) is 0 Å². The number of carbonyl (C=O) groups is 1. The molecule has 4 atom stereocenters. The zero-order valence-corrected chi connectivity index (χ0v) is 24.8. The third kappa shape index (κ3) is 5.09. The van der Waals surface area contributed by atoms with E-state index >= 15 is 0 Å². The van der Waals surface area contributed by atoms with E-state index in [2.05, 4.69) is 81.4 Å². The zero-order valence-electron chi connectivity index (χ0n) is 23.8. The molecule has 0 radical (unpaired) electrons. The Morgan fingerprint density at radius 1 is 1.00 bits per heavy atom. The molecule has 2 aliphatic rings. The van der Waals surface area contributed by atoms with Gasteiger partial charge in [-0.1, -0.05) is 99.6 Å². The van der Waals surface area contributed by atoms with Crippen LogP contribution >= 0.6 is 0 Å². The molecule has 5 rings (SSSR count). The molecule has 1 saturated heterocycles. The van der Waals surface area contributed by atoms with Gasteiger partial charge in [0.2, 0.25) is 0 Å². The molecule has 0 N–H and O–H groups in total. The zero-order chi connectivity index (χ0) is 28.4. The standard InChI is InChI=1S/C34H39FO4Si/c1-33(2,3)40(27-12-7-5-8-13-27,28-14-9-6-10-15-28)39-23-29-30(16-11-17-32(36)37-4)34(22-31(29)38-24-34)25-18-20-26(35)21-19-25/h5-15,17-21,29-31H,16,22-24H2,1-4H3/b17-11+/t29-,30-,31-,34-/m0/s1. The molecule has 2 bridgehead atoms. The Kier molecular flexibility index (Phi) is 8.14. The number of allylic oxidation sites excluding steroid dienone is 1. The summed E-state index contributed by atoms with van der Waals surface area (Å²) in [5.74, 6) is -0.337. The highest BCUT2D eigenvalue weighted by molar-refractivity contribution is 6.99. The largest absolute Gasteiger partial charge is 0.466 e. The van der Waals surface area contributed by atoms with E-state index in [1.807, 2.05) is 18.2 Å². The lowest BCUT2D eigenvalue weighted by Crippen LogP contribution is -2.67. The van der Waals surface area contributed by atoms with Crippen molar-refractivity contribution in [3.05, 3.63) is 108 Å². The molecule has 1 aliphatic heterocycles. The summed E-state index contributed by atoms with van der Waals surface area (Å²) in [7, 11) is -1.35. The summed E-state index contributed by atoms with van der Waals surface area (Å²) in [5.41, 5.74) is 0.819. The molecule has 3 aromatic carbocycles. The van der Waals surface area contributed by atoms with E-state index in [1.165, 1.54) is 35.7 Å². The van der Waals surface area contributed by atoms with E-state index in [1.54, 1.807) is 0 Å². The Morgan fingerprint density at radius 2 is 1.60 bits per heavy atom. The Bertz CT molecular complexity index is 1280. The van der Waals surface area contributed by atoms with Crippen molar-refractivity contribution in [2.24, 2.45) is 11.8 Å². The number of hydrogen-bond donors (Lipinski definition) is 0. The number of esters is 1. The number of fused-ring (bicyclic) bond motifs is 2. The minimum absolute atomic E-state index is 0.0276. The van der Waals surface area contributed by atoms with Crippen LogP contribution in [0.1, 0.15) is 39.2 Å². The minimum Gasteiger partial charge on any atom is -0.466 e. The number of benzene rings is 3. The molecule has 0 unspecified atom stereocenters. The smallest absolute Gasteiger partial charge is 0.330 e. The van der Waals surface area contributed by atoms with Crippen LogP contribution in [-0.2, 0) is 24.1 Å². The average molecular weight is 559 g/mol. The van der Waals surface area contributed by atoms with Crippen LogP contribution in [0.25, 0.3) is 0 Å². The lowest BCUT2D eigenvalue weighted by molar-refractivity contribution is -0.134. The second kappa shape index (κ2) is 11.4. The predicted octanol–water partition coefficient (Wildman–Crippen LogP) is 5.79. The van der Waals surface area contributed by atoms with Crippen molar-refractivity contribution >= 4 is 24.7 Å². The Morgan fingerprint density at radius 3 is 2.15 bits per heavy atom. The predicted molar refractivity (Wildman–Crippen MR) is 159 cm³/mol. The van der Waals surface area contributed by atoms with Crippen molar-refractivity contribution in [3.63, 3.8) is 0 Å². The maximum atomic E-state index is 13.9. The fourth-order valence-electron chi connectivity index (χ4n) is 7.12. The van der Waals surface area contributed by atoms with Gasteiger partial charge in [-0.05, 0) is 51.9 Å². The molecule has 0 spiro atoms. The first-order valence-electron chi connectivity index (χ1n) is 14.1. The van der Waals surface area contributed by atoms with Crippen molar-refractivity contribution < 1.29 is 23.1 Å². The first kappa shape index (κ1) is 28.5. The van der Waals surface area contributed by atoms with Gasteiger partial charge < -0.3 is 13.9 Å². The average Bonchev–Trinajstić information content (AvgIpc) is 3.52. The quantitative estimate of drug-likeness (QED) is 0.189. The van der Waals surface area contributed by atoms with Gasteiger partial charge in [-0.25, -0.2) is 9.18 Å². The van der Waals surface area contributed by atoms with E-state index in [4.69, 9.17) is 13.9 Å². The Balaban J connectivity index is 1.54. The highest BCUT2D eigenvalue weighted by Gasteiger charge is 2.60. The molecule has 4 nitrogen and oxygen atoms in total. The van der Waals surface area contributed by atoms with Crippen LogP contribution in [0.15, 0.2) is 97.1 Å². The number of ether oxygens (including phenoxy) is 2. The van der Waals surface area contributed by atoms with Crippen molar-refractivity contribution in [1.29, 1.82) is 0 Å². The highest BCUT2D eigenvalue weighted by Crippen LogP contribution is 2.57. The molecule has 1 heterocycles. The summed E-state index contributed by atoms with van der Waals surface area (Å²) < 4.78 is 32.5. The van der Waals surface area contributed by atoms with E-state index < -0.39 is 8.32 Å². The number of hydrogen-bond acceptors (Lipinski definition) is 4. The first-order chi connectivity index (χ1) is 19.2. The van der Waals surface area contributed by atoms with Gasteiger partial charge in [-0.2, -0.15) is 0 Å². The van der Waals surface area contributed by atoms with Crippen LogP contribution in [0.3, 0.4) is 0 Å². The Labute approximate surface area is 238 Å². The van der Waals surface area contributed by atoms with Gasteiger partial charge in [0.1, 0.15) is 5.82 Å². The van der Waals surface area contributed by atoms with E-state index in [-0.39, 0.29) is 40.2 Å². The van der Waals surface area contributed by atoms with Gasteiger partial charge in [-0.3, -0.25) is 0 Å². The normalized spacial score (nSPS) is 24.5. The molecule has 0 amide bonds. The summed E-state index contributed by atoms with van der Waals surface area (Å²) >= 11 is 0. The van der Waals surface area contributed by atoms with Crippen molar-refractivity contribution in [2.45, 2.75) is 50.2 Å². The maximum Gasteiger partial charge on any atom is 0.330 e. The Hall–Kier alpha value is -3.06. The van der Waals surface area contributed by atoms with Crippen LogP contribution in [0.2, 0.25) is 5.04 Å². The fraction of sp³-hybridized carbons (Fsp3) is 0.382. The molecule has 3 aromatic rings. The van der Waals surface area contributed by atoms with Crippen molar-refractivity contribution in [1.82, 2.24) is 0 Å². The van der Waals surface area contributed by atoms with Crippen molar-refractivity contribution in [2.75, 3.05) is 20.3 Å². The molecule has 210 valence electrons. The van der Waals surface area contributed by atoms with E-state index in [9.17, 15) is 9.18 Å². The summed E-state index contributed by atoms with van der Waals surface area (Å²) in [6.45, 7) is 7.97. The highest BCUT2D eigenvalue weighted by atomic mass is 28.4.